The number of benzene rings is 1. The first kappa shape index (κ1) is 13.8. The fourth-order valence-electron chi connectivity index (χ4n) is 3.43. The highest BCUT2D eigenvalue weighted by Gasteiger charge is 2.36. The third kappa shape index (κ3) is 2.41. The number of likely N-dealkylation sites (tertiary alicyclic amines) is 1. The Morgan fingerprint density at radius 1 is 1.18 bits per heavy atom. The van der Waals surface area contributed by atoms with Gasteiger partial charge in [-0.1, -0.05) is 23.7 Å². The van der Waals surface area contributed by atoms with Crippen LogP contribution >= 0.6 is 11.6 Å². The standard InChI is InChI=1S/C17H18ClN3O/c18-15-4-1-12(2-5-15)14-10-21(11-14)17(22)13-3-6-16-19-7-8-20(16)9-13/h1-2,4-5,7-8,13-14H,3,6,9-11H2. The first-order chi connectivity index (χ1) is 10.7. The predicted octanol–water partition coefficient (Wildman–Crippen LogP) is 2.72. The van der Waals surface area contributed by atoms with E-state index in [0.29, 0.717) is 11.8 Å². The molecule has 0 saturated carbocycles. The molecule has 4 nitrogen and oxygen atoms in total. The number of halogens is 1. The number of imidazole rings is 1. The monoisotopic (exact) mass is 315 g/mol. The molecule has 5 heteroatoms. The van der Waals surface area contributed by atoms with Gasteiger partial charge in [-0.05, 0) is 24.1 Å². The molecule has 4 rings (SSSR count). The zero-order chi connectivity index (χ0) is 15.1. The second-order valence-corrected chi connectivity index (χ2v) is 6.66. The lowest BCUT2D eigenvalue weighted by Crippen LogP contribution is -2.51. The molecule has 0 spiro atoms. The molecular formula is C17H18ClN3O. The highest BCUT2D eigenvalue weighted by atomic mass is 35.5. The van der Waals surface area contributed by atoms with E-state index in [1.807, 2.05) is 29.4 Å². The second kappa shape index (κ2) is 5.43. The number of rotatable bonds is 2. The van der Waals surface area contributed by atoms with Crippen molar-refractivity contribution in [1.29, 1.82) is 0 Å². The molecule has 0 radical (unpaired) electrons. The van der Waals surface area contributed by atoms with Crippen LogP contribution in [0.15, 0.2) is 36.7 Å². The van der Waals surface area contributed by atoms with E-state index in [9.17, 15) is 4.79 Å². The van der Waals surface area contributed by atoms with E-state index in [0.717, 1.165) is 43.3 Å². The highest BCUT2D eigenvalue weighted by molar-refractivity contribution is 6.30. The SMILES string of the molecule is O=C(C1CCc2nccn2C1)N1CC(c2ccc(Cl)cc2)C1. The van der Waals surface area contributed by atoms with Gasteiger partial charge in [-0.2, -0.15) is 0 Å². The molecule has 1 fully saturated rings. The summed E-state index contributed by atoms with van der Waals surface area (Å²) in [6.45, 7) is 2.43. The molecule has 1 aromatic carbocycles. The third-order valence-corrected chi connectivity index (χ3v) is 5.07. The Bertz CT molecular complexity index is 688. The summed E-state index contributed by atoms with van der Waals surface area (Å²) >= 11 is 5.92. The van der Waals surface area contributed by atoms with Gasteiger partial charge in [0, 0.05) is 49.4 Å². The summed E-state index contributed by atoms with van der Waals surface area (Å²) in [5, 5.41) is 0.759. The Morgan fingerprint density at radius 2 is 1.95 bits per heavy atom. The van der Waals surface area contributed by atoms with E-state index in [2.05, 4.69) is 21.7 Å². The van der Waals surface area contributed by atoms with Crippen molar-refractivity contribution in [2.75, 3.05) is 13.1 Å². The number of fused-ring (bicyclic) bond motifs is 1. The number of hydrogen-bond donors (Lipinski definition) is 0. The zero-order valence-electron chi connectivity index (χ0n) is 12.3. The molecule has 3 heterocycles. The summed E-state index contributed by atoms with van der Waals surface area (Å²) in [6, 6.07) is 7.96. The third-order valence-electron chi connectivity index (χ3n) is 4.82. The zero-order valence-corrected chi connectivity index (χ0v) is 13.0. The number of aryl methyl sites for hydroxylation is 1. The largest absolute Gasteiger partial charge is 0.341 e. The van der Waals surface area contributed by atoms with E-state index in [1.165, 1.54) is 5.56 Å². The summed E-state index contributed by atoms with van der Waals surface area (Å²) in [5.41, 5.74) is 1.27. The van der Waals surface area contributed by atoms with Crippen LogP contribution in [0.5, 0.6) is 0 Å². The molecule has 1 amide bonds. The van der Waals surface area contributed by atoms with Gasteiger partial charge < -0.3 is 9.47 Å². The molecule has 2 aromatic rings. The Kier molecular flexibility index (Phi) is 3.41. The lowest BCUT2D eigenvalue weighted by Gasteiger charge is -2.42. The molecule has 2 aliphatic heterocycles. The van der Waals surface area contributed by atoms with E-state index in [-0.39, 0.29) is 5.92 Å². The van der Waals surface area contributed by atoms with Crippen molar-refractivity contribution in [1.82, 2.24) is 14.5 Å². The summed E-state index contributed by atoms with van der Waals surface area (Å²) in [7, 11) is 0. The van der Waals surface area contributed by atoms with Crippen LogP contribution < -0.4 is 0 Å². The Labute approximate surface area is 134 Å². The van der Waals surface area contributed by atoms with Crippen molar-refractivity contribution < 1.29 is 4.79 Å². The van der Waals surface area contributed by atoms with Gasteiger partial charge in [0.25, 0.3) is 0 Å². The highest BCUT2D eigenvalue weighted by Crippen LogP contribution is 2.31. The first-order valence-electron chi connectivity index (χ1n) is 7.75. The van der Waals surface area contributed by atoms with E-state index in [1.54, 1.807) is 0 Å². The minimum atomic E-state index is 0.105. The number of amides is 1. The molecule has 1 atom stereocenters. The van der Waals surface area contributed by atoms with Crippen molar-refractivity contribution in [2.24, 2.45) is 5.92 Å². The maximum atomic E-state index is 12.6. The Balaban J connectivity index is 1.37. The summed E-state index contributed by atoms with van der Waals surface area (Å²) in [5.74, 6) is 1.96. The fraction of sp³-hybridized carbons (Fsp3) is 0.412. The van der Waals surface area contributed by atoms with E-state index >= 15 is 0 Å². The van der Waals surface area contributed by atoms with Gasteiger partial charge in [0.1, 0.15) is 5.82 Å². The molecular weight excluding hydrogens is 298 g/mol. The van der Waals surface area contributed by atoms with Crippen LogP contribution in [0.1, 0.15) is 23.7 Å². The van der Waals surface area contributed by atoms with E-state index < -0.39 is 0 Å². The van der Waals surface area contributed by atoms with Crippen LogP contribution in [0.25, 0.3) is 0 Å². The van der Waals surface area contributed by atoms with Crippen molar-refractivity contribution in [3.05, 3.63) is 53.1 Å². The lowest BCUT2D eigenvalue weighted by molar-refractivity contribution is -0.141. The summed E-state index contributed by atoms with van der Waals surface area (Å²) in [6.07, 6.45) is 5.61. The van der Waals surface area contributed by atoms with Gasteiger partial charge in [-0.15, -0.1) is 0 Å². The second-order valence-electron chi connectivity index (χ2n) is 6.22. The average molecular weight is 316 g/mol. The molecule has 1 saturated heterocycles. The quantitative estimate of drug-likeness (QED) is 0.854. The van der Waals surface area contributed by atoms with Gasteiger partial charge in [0.05, 0.1) is 5.92 Å². The number of carbonyl (C=O) groups is 1. The number of nitrogens with zero attached hydrogens (tertiary/aromatic N) is 3. The minimum absolute atomic E-state index is 0.105. The van der Waals surface area contributed by atoms with Gasteiger partial charge in [-0.3, -0.25) is 4.79 Å². The van der Waals surface area contributed by atoms with Crippen LogP contribution in [0, 0.1) is 5.92 Å². The van der Waals surface area contributed by atoms with Crippen molar-refractivity contribution in [3.8, 4) is 0 Å². The van der Waals surface area contributed by atoms with E-state index in [4.69, 9.17) is 11.6 Å². The molecule has 2 aliphatic rings. The van der Waals surface area contributed by atoms with Crippen LogP contribution in [0.4, 0.5) is 0 Å². The minimum Gasteiger partial charge on any atom is -0.341 e. The van der Waals surface area contributed by atoms with Crippen molar-refractivity contribution >= 4 is 17.5 Å². The average Bonchev–Trinajstić information content (AvgIpc) is 2.95. The Morgan fingerprint density at radius 3 is 2.73 bits per heavy atom. The number of carbonyl (C=O) groups excluding carboxylic acids is 1. The Hall–Kier alpha value is -1.81. The maximum absolute atomic E-state index is 12.6. The fourth-order valence-corrected chi connectivity index (χ4v) is 3.56. The first-order valence-corrected chi connectivity index (χ1v) is 8.13. The molecule has 0 bridgehead atoms. The maximum Gasteiger partial charge on any atom is 0.227 e. The topological polar surface area (TPSA) is 38.1 Å². The normalized spacial score (nSPS) is 21.3. The smallest absolute Gasteiger partial charge is 0.227 e. The van der Waals surface area contributed by atoms with Crippen LogP contribution in [-0.4, -0.2) is 33.4 Å². The molecule has 1 unspecified atom stereocenters. The van der Waals surface area contributed by atoms with Crippen molar-refractivity contribution in [3.63, 3.8) is 0 Å². The lowest BCUT2D eigenvalue weighted by atomic mass is 9.89. The van der Waals surface area contributed by atoms with Gasteiger partial charge in [0.2, 0.25) is 5.91 Å². The predicted molar refractivity (Wildman–Crippen MR) is 84.8 cm³/mol. The van der Waals surface area contributed by atoms with Crippen LogP contribution in [-0.2, 0) is 17.8 Å². The number of aromatic nitrogens is 2. The molecule has 0 aliphatic carbocycles. The molecule has 114 valence electrons. The van der Waals surface area contributed by atoms with Gasteiger partial charge in [0.15, 0.2) is 0 Å². The van der Waals surface area contributed by atoms with Crippen LogP contribution in [0.3, 0.4) is 0 Å². The van der Waals surface area contributed by atoms with Gasteiger partial charge in [-0.25, -0.2) is 4.98 Å². The summed E-state index contributed by atoms with van der Waals surface area (Å²) < 4.78 is 2.11. The molecule has 1 aromatic heterocycles. The van der Waals surface area contributed by atoms with Crippen molar-refractivity contribution in [2.45, 2.75) is 25.3 Å². The molecule has 22 heavy (non-hydrogen) atoms. The number of hydrogen-bond acceptors (Lipinski definition) is 2. The van der Waals surface area contributed by atoms with Gasteiger partial charge >= 0.3 is 0 Å². The molecule has 0 N–H and O–H groups in total. The van der Waals surface area contributed by atoms with Crippen LogP contribution in [0.2, 0.25) is 5.02 Å². The summed E-state index contributed by atoms with van der Waals surface area (Å²) in [4.78, 5) is 18.9.